The van der Waals surface area contributed by atoms with Crippen molar-refractivity contribution in [3.63, 3.8) is 0 Å². The van der Waals surface area contributed by atoms with Crippen LogP contribution in [0, 0.1) is 17.3 Å². The number of allylic oxidation sites excluding steroid dienone is 1. The molecule has 3 atom stereocenters. The minimum atomic E-state index is -0.398. The zero-order chi connectivity index (χ0) is 11.6. The Balaban J connectivity index is 2.80. The van der Waals surface area contributed by atoms with Gasteiger partial charge in [0.1, 0.15) is 5.78 Å². The molecule has 0 radical (unpaired) electrons. The first-order chi connectivity index (χ1) is 6.83. The lowest BCUT2D eigenvalue weighted by molar-refractivity contribution is -0.126. The van der Waals surface area contributed by atoms with Gasteiger partial charge >= 0.3 is 0 Å². The number of Topliss-reactive ketones (excluding diaryl/α,β-unsaturated/α-hetero) is 1. The standard InChI is InChI=1S/C13H22O2/c1-9-7-11(15)8-13(3,4)12(9)6-5-10(2)14/h5-6,9-10,12,14H,7-8H2,1-4H3/b6-5+. The minimum absolute atomic E-state index is 0.0279. The van der Waals surface area contributed by atoms with E-state index < -0.39 is 6.10 Å². The summed E-state index contributed by atoms with van der Waals surface area (Å²) in [6.45, 7) is 8.15. The average molecular weight is 210 g/mol. The number of carbonyl (C=O) groups is 1. The Bertz CT molecular complexity index is 264. The van der Waals surface area contributed by atoms with Crippen molar-refractivity contribution in [1.82, 2.24) is 0 Å². The van der Waals surface area contributed by atoms with Crippen LogP contribution in [0.4, 0.5) is 0 Å². The fourth-order valence-corrected chi connectivity index (χ4v) is 2.69. The fraction of sp³-hybridized carbons (Fsp3) is 0.769. The van der Waals surface area contributed by atoms with E-state index in [-0.39, 0.29) is 5.41 Å². The van der Waals surface area contributed by atoms with E-state index in [2.05, 4.69) is 26.8 Å². The highest BCUT2D eigenvalue weighted by Gasteiger charge is 2.38. The summed E-state index contributed by atoms with van der Waals surface area (Å²) in [7, 11) is 0. The molecule has 15 heavy (non-hydrogen) atoms. The molecule has 0 saturated heterocycles. The molecule has 1 fully saturated rings. The molecule has 1 saturated carbocycles. The minimum Gasteiger partial charge on any atom is -0.389 e. The lowest BCUT2D eigenvalue weighted by Crippen LogP contribution is -2.36. The second kappa shape index (κ2) is 4.48. The first-order valence-electron chi connectivity index (χ1n) is 5.71. The van der Waals surface area contributed by atoms with Crippen LogP contribution in [-0.2, 0) is 4.79 Å². The lowest BCUT2D eigenvalue weighted by Gasteiger charge is -2.40. The molecule has 0 aromatic carbocycles. The molecule has 0 spiro atoms. The third kappa shape index (κ3) is 3.16. The second-order valence-electron chi connectivity index (χ2n) is 5.54. The summed E-state index contributed by atoms with van der Waals surface area (Å²) in [5.41, 5.74) is 0.0279. The van der Waals surface area contributed by atoms with E-state index in [9.17, 15) is 9.90 Å². The molecule has 2 nitrogen and oxygen atoms in total. The molecular weight excluding hydrogens is 188 g/mol. The number of hydrogen-bond donors (Lipinski definition) is 1. The largest absolute Gasteiger partial charge is 0.389 e. The van der Waals surface area contributed by atoms with Crippen molar-refractivity contribution in [2.75, 3.05) is 0 Å². The highest BCUT2D eigenvalue weighted by Crippen LogP contribution is 2.43. The molecule has 1 aliphatic rings. The van der Waals surface area contributed by atoms with Gasteiger partial charge in [0.15, 0.2) is 0 Å². The number of carbonyl (C=O) groups excluding carboxylic acids is 1. The predicted octanol–water partition coefficient (Wildman–Crippen LogP) is 2.56. The second-order valence-corrected chi connectivity index (χ2v) is 5.54. The van der Waals surface area contributed by atoms with E-state index in [1.165, 1.54) is 0 Å². The quantitative estimate of drug-likeness (QED) is 0.711. The molecule has 0 aromatic heterocycles. The van der Waals surface area contributed by atoms with Crippen LogP contribution in [-0.4, -0.2) is 17.0 Å². The van der Waals surface area contributed by atoms with Gasteiger partial charge in [-0.05, 0) is 24.2 Å². The van der Waals surface area contributed by atoms with Gasteiger partial charge in [0.2, 0.25) is 0 Å². The van der Waals surface area contributed by atoms with Crippen LogP contribution < -0.4 is 0 Å². The molecule has 1 aliphatic carbocycles. The number of aliphatic hydroxyl groups is 1. The molecule has 86 valence electrons. The number of ketones is 1. The van der Waals surface area contributed by atoms with Crippen molar-refractivity contribution >= 4 is 5.78 Å². The first-order valence-corrected chi connectivity index (χ1v) is 5.71. The maximum absolute atomic E-state index is 11.5. The molecule has 0 amide bonds. The van der Waals surface area contributed by atoms with Crippen molar-refractivity contribution in [2.45, 2.75) is 46.6 Å². The van der Waals surface area contributed by atoms with Crippen molar-refractivity contribution in [3.05, 3.63) is 12.2 Å². The van der Waals surface area contributed by atoms with Gasteiger partial charge in [0.25, 0.3) is 0 Å². The molecule has 1 N–H and O–H groups in total. The summed E-state index contributed by atoms with van der Waals surface area (Å²) < 4.78 is 0. The van der Waals surface area contributed by atoms with Crippen LogP contribution >= 0.6 is 0 Å². The molecule has 0 bridgehead atoms. The molecule has 1 rings (SSSR count). The van der Waals surface area contributed by atoms with Crippen molar-refractivity contribution < 1.29 is 9.90 Å². The van der Waals surface area contributed by atoms with Crippen molar-refractivity contribution in [2.24, 2.45) is 17.3 Å². The van der Waals surface area contributed by atoms with E-state index in [1.807, 2.05) is 6.08 Å². The number of aliphatic hydroxyl groups excluding tert-OH is 1. The zero-order valence-corrected chi connectivity index (χ0v) is 10.2. The van der Waals surface area contributed by atoms with E-state index in [1.54, 1.807) is 6.92 Å². The van der Waals surface area contributed by atoms with Gasteiger partial charge < -0.3 is 5.11 Å². The Labute approximate surface area is 92.4 Å². The Morgan fingerprint density at radius 1 is 1.53 bits per heavy atom. The molecule has 3 unspecified atom stereocenters. The van der Waals surface area contributed by atoms with Crippen LogP contribution in [0.3, 0.4) is 0 Å². The topological polar surface area (TPSA) is 37.3 Å². The highest BCUT2D eigenvalue weighted by molar-refractivity contribution is 5.80. The van der Waals surface area contributed by atoms with Gasteiger partial charge in [-0.15, -0.1) is 0 Å². The third-order valence-corrected chi connectivity index (χ3v) is 3.31. The molecule has 0 aromatic rings. The fourth-order valence-electron chi connectivity index (χ4n) is 2.69. The predicted molar refractivity (Wildman–Crippen MR) is 61.5 cm³/mol. The van der Waals surface area contributed by atoms with E-state index >= 15 is 0 Å². The van der Waals surface area contributed by atoms with Crippen molar-refractivity contribution in [3.8, 4) is 0 Å². The molecule has 0 heterocycles. The van der Waals surface area contributed by atoms with Crippen LogP contribution in [0.15, 0.2) is 12.2 Å². The highest BCUT2D eigenvalue weighted by atomic mass is 16.3. The van der Waals surface area contributed by atoms with Crippen LogP contribution in [0.5, 0.6) is 0 Å². The Morgan fingerprint density at radius 2 is 2.13 bits per heavy atom. The summed E-state index contributed by atoms with van der Waals surface area (Å²) in [6, 6.07) is 0. The van der Waals surface area contributed by atoms with Gasteiger partial charge in [-0.3, -0.25) is 4.79 Å². The lowest BCUT2D eigenvalue weighted by atomic mass is 9.63. The first kappa shape index (κ1) is 12.4. The maximum Gasteiger partial charge on any atom is 0.133 e. The molecule has 2 heteroatoms. The summed E-state index contributed by atoms with van der Waals surface area (Å²) in [5, 5.41) is 9.24. The Kier molecular flexibility index (Phi) is 3.72. The summed E-state index contributed by atoms with van der Waals surface area (Å²) >= 11 is 0. The van der Waals surface area contributed by atoms with Gasteiger partial charge in [-0.2, -0.15) is 0 Å². The Morgan fingerprint density at radius 3 is 2.60 bits per heavy atom. The van der Waals surface area contributed by atoms with E-state index in [0.29, 0.717) is 30.5 Å². The normalized spacial score (nSPS) is 33.3. The van der Waals surface area contributed by atoms with Gasteiger partial charge in [-0.25, -0.2) is 0 Å². The Hall–Kier alpha value is -0.630. The van der Waals surface area contributed by atoms with Crippen LogP contribution in [0.2, 0.25) is 0 Å². The van der Waals surface area contributed by atoms with Crippen LogP contribution in [0.1, 0.15) is 40.5 Å². The summed E-state index contributed by atoms with van der Waals surface area (Å²) in [6.07, 6.45) is 4.86. The maximum atomic E-state index is 11.5. The van der Waals surface area contributed by atoms with Crippen molar-refractivity contribution in [1.29, 1.82) is 0 Å². The average Bonchev–Trinajstić information content (AvgIpc) is 1.98. The summed E-state index contributed by atoms with van der Waals surface area (Å²) in [4.78, 5) is 11.5. The zero-order valence-electron chi connectivity index (χ0n) is 10.2. The van der Waals surface area contributed by atoms with Gasteiger partial charge in [0, 0.05) is 12.8 Å². The molecule has 0 aliphatic heterocycles. The number of rotatable bonds is 2. The number of hydrogen-bond acceptors (Lipinski definition) is 2. The smallest absolute Gasteiger partial charge is 0.133 e. The van der Waals surface area contributed by atoms with Gasteiger partial charge in [-0.1, -0.05) is 32.9 Å². The van der Waals surface area contributed by atoms with Crippen LogP contribution in [0.25, 0.3) is 0 Å². The monoisotopic (exact) mass is 210 g/mol. The van der Waals surface area contributed by atoms with E-state index in [0.717, 1.165) is 0 Å². The molecular formula is C13H22O2. The van der Waals surface area contributed by atoms with E-state index in [4.69, 9.17) is 0 Å². The van der Waals surface area contributed by atoms with Gasteiger partial charge in [0.05, 0.1) is 6.10 Å². The third-order valence-electron chi connectivity index (χ3n) is 3.31. The summed E-state index contributed by atoms with van der Waals surface area (Å²) in [5.74, 6) is 1.15. The SMILES string of the molecule is CC(O)/C=C/C1C(C)CC(=O)CC1(C)C.